The maximum absolute atomic E-state index is 12.1. The van der Waals surface area contributed by atoms with Crippen LogP contribution in [0.4, 0.5) is 0 Å². The van der Waals surface area contributed by atoms with Gasteiger partial charge in [0.15, 0.2) is 6.29 Å². The van der Waals surface area contributed by atoms with Gasteiger partial charge in [-0.15, -0.1) is 0 Å². The van der Waals surface area contributed by atoms with Crippen LogP contribution in [0.5, 0.6) is 5.75 Å². The third kappa shape index (κ3) is 6.63. The first-order valence-corrected chi connectivity index (χ1v) is 7.59. The van der Waals surface area contributed by atoms with E-state index in [1.807, 2.05) is 13.0 Å². The summed E-state index contributed by atoms with van der Waals surface area (Å²) in [6.45, 7) is 9.00. The first-order valence-electron chi connectivity index (χ1n) is 7.59. The number of esters is 1. The lowest BCUT2D eigenvalue weighted by atomic mass is 10.1. The summed E-state index contributed by atoms with van der Waals surface area (Å²) in [5, 5.41) is 0. The van der Waals surface area contributed by atoms with Crippen molar-refractivity contribution in [2.45, 2.75) is 46.8 Å². The van der Waals surface area contributed by atoms with E-state index in [1.165, 1.54) is 0 Å². The predicted octanol–water partition coefficient (Wildman–Crippen LogP) is 4.04. The molecule has 0 amide bonds. The molecule has 21 heavy (non-hydrogen) atoms. The Morgan fingerprint density at radius 2 is 1.90 bits per heavy atom. The highest BCUT2D eigenvalue weighted by atomic mass is 16.7. The summed E-state index contributed by atoms with van der Waals surface area (Å²) < 4.78 is 16.3. The van der Waals surface area contributed by atoms with Crippen LogP contribution >= 0.6 is 0 Å². The topological polar surface area (TPSA) is 44.8 Å². The number of hydrogen-bond acceptors (Lipinski definition) is 4. The summed E-state index contributed by atoms with van der Waals surface area (Å²) in [6, 6.07) is 7.07. The van der Waals surface area contributed by atoms with Crippen LogP contribution in [0, 0.1) is 5.92 Å². The van der Waals surface area contributed by atoms with E-state index in [0.29, 0.717) is 30.4 Å². The minimum absolute atomic E-state index is 0.349. The molecule has 1 atom stereocenters. The molecule has 0 saturated heterocycles. The van der Waals surface area contributed by atoms with Crippen LogP contribution in [0.2, 0.25) is 0 Å². The Morgan fingerprint density at radius 3 is 2.57 bits per heavy atom. The van der Waals surface area contributed by atoms with Crippen molar-refractivity contribution in [3.63, 3.8) is 0 Å². The fourth-order valence-corrected chi connectivity index (χ4v) is 1.92. The van der Waals surface area contributed by atoms with Gasteiger partial charge in [-0.05, 0) is 44.7 Å². The van der Waals surface area contributed by atoms with Gasteiger partial charge in [-0.1, -0.05) is 26.0 Å². The number of rotatable bonds is 9. The Kier molecular flexibility index (Phi) is 7.83. The van der Waals surface area contributed by atoms with Crippen molar-refractivity contribution in [3.8, 4) is 5.75 Å². The van der Waals surface area contributed by atoms with Crippen molar-refractivity contribution in [2.24, 2.45) is 5.92 Å². The highest BCUT2D eigenvalue weighted by molar-refractivity contribution is 5.92. The average molecular weight is 294 g/mol. The summed E-state index contributed by atoms with van der Waals surface area (Å²) in [5.74, 6) is 0.761. The summed E-state index contributed by atoms with van der Waals surface area (Å²) in [4.78, 5) is 12.1. The molecular weight excluding hydrogens is 268 g/mol. The number of ether oxygens (including phenoxy) is 3. The van der Waals surface area contributed by atoms with Crippen LogP contribution in [0.3, 0.4) is 0 Å². The second-order valence-electron chi connectivity index (χ2n) is 5.31. The van der Waals surface area contributed by atoms with Crippen molar-refractivity contribution in [3.05, 3.63) is 29.8 Å². The first kappa shape index (κ1) is 17.5. The maximum atomic E-state index is 12.1. The monoisotopic (exact) mass is 294 g/mol. The molecule has 118 valence electrons. The van der Waals surface area contributed by atoms with Gasteiger partial charge in [0, 0.05) is 6.61 Å². The molecule has 0 aliphatic heterocycles. The van der Waals surface area contributed by atoms with Gasteiger partial charge in [-0.2, -0.15) is 0 Å². The standard InChI is InChI=1S/C17H26O4/c1-5-19-14(4)21-16-11-7-6-10-15(16)17(18)20-12-8-9-13(2)3/h6-7,10-11,13-14H,5,8-9,12H2,1-4H3. The van der Waals surface area contributed by atoms with E-state index < -0.39 is 6.29 Å². The zero-order chi connectivity index (χ0) is 15.7. The van der Waals surface area contributed by atoms with Crippen LogP contribution in [0.1, 0.15) is 50.9 Å². The molecule has 0 aliphatic carbocycles. The minimum Gasteiger partial charge on any atom is -0.464 e. The van der Waals surface area contributed by atoms with Gasteiger partial charge in [-0.3, -0.25) is 0 Å². The summed E-state index contributed by atoms with van der Waals surface area (Å²) in [7, 11) is 0. The largest absolute Gasteiger partial charge is 0.464 e. The fourth-order valence-electron chi connectivity index (χ4n) is 1.92. The Hall–Kier alpha value is -1.55. The van der Waals surface area contributed by atoms with Crippen LogP contribution < -0.4 is 4.74 Å². The normalized spacial score (nSPS) is 12.2. The van der Waals surface area contributed by atoms with Crippen LogP contribution in [-0.2, 0) is 9.47 Å². The van der Waals surface area contributed by atoms with Gasteiger partial charge in [0.25, 0.3) is 0 Å². The van der Waals surface area contributed by atoms with E-state index in [2.05, 4.69) is 13.8 Å². The lowest BCUT2D eigenvalue weighted by Gasteiger charge is -2.16. The molecular formula is C17H26O4. The molecule has 0 bridgehead atoms. The number of carbonyl (C=O) groups is 1. The Bertz CT molecular complexity index is 429. The van der Waals surface area contributed by atoms with Crippen LogP contribution in [-0.4, -0.2) is 25.5 Å². The van der Waals surface area contributed by atoms with Crippen molar-refractivity contribution < 1.29 is 19.0 Å². The van der Waals surface area contributed by atoms with Crippen LogP contribution in [0.15, 0.2) is 24.3 Å². The van der Waals surface area contributed by atoms with E-state index in [9.17, 15) is 4.79 Å². The van der Waals surface area contributed by atoms with Gasteiger partial charge < -0.3 is 14.2 Å². The molecule has 1 unspecified atom stereocenters. The molecule has 0 N–H and O–H groups in total. The summed E-state index contributed by atoms with van der Waals surface area (Å²) in [5.41, 5.74) is 0.439. The van der Waals surface area contributed by atoms with E-state index in [4.69, 9.17) is 14.2 Å². The molecule has 1 aromatic carbocycles. The van der Waals surface area contributed by atoms with Crippen molar-refractivity contribution in [2.75, 3.05) is 13.2 Å². The number of hydrogen-bond donors (Lipinski definition) is 0. The van der Waals surface area contributed by atoms with E-state index >= 15 is 0 Å². The molecule has 0 aliphatic rings. The molecule has 0 fully saturated rings. The van der Waals surface area contributed by atoms with Gasteiger partial charge in [0.2, 0.25) is 0 Å². The lowest BCUT2D eigenvalue weighted by molar-refractivity contribution is -0.0617. The van der Waals surface area contributed by atoms with Gasteiger partial charge in [0.05, 0.1) is 6.61 Å². The Balaban J connectivity index is 2.58. The zero-order valence-electron chi connectivity index (χ0n) is 13.4. The van der Waals surface area contributed by atoms with Gasteiger partial charge in [-0.25, -0.2) is 4.79 Å². The van der Waals surface area contributed by atoms with Crippen LogP contribution in [0.25, 0.3) is 0 Å². The molecule has 0 heterocycles. The molecule has 0 aromatic heterocycles. The fraction of sp³-hybridized carbons (Fsp3) is 0.588. The third-order valence-electron chi connectivity index (χ3n) is 2.96. The van der Waals surface area contributed by atoms with Crippen molar-refractivity contribution in [1.29, 1.82) is 0 Å². The molecule has 1 rings (SSSR count). The first-order chi connectivity index (χ1) is 10.0. The van der Waals surface area contributed by atoms with E-state index in [-0.39, 0.29) is 5.97 Å². The molecule has 0 saturated carbocycles. The number of carbonyl (C=O) groups excluding carboxylic acids is 1. The smallest absolute Gasteiger partial charge is 0.341 e. The maximum Gasteiger partial charge on any atom is 0.341 e. The molecule has 1 aromatic rings. The molecule has 0 radical (unpaired) electrons. The minimum atomic E-state index is -0.398. The predicted molar refractivity (Wildman–Crippen MR) is 82.5 cm³/mol. The highest BCUT2D eigenvalue weighted by Gasteiger charge is 2.15. The lowest BCUT2D eigenvalue weighted by Crippen LogP contribution is -2.18. The van der Waals surface area contributed by atoms with Crippen molar-refractivity contribution in [1.82, 2.24) is 0 Å². The van der Waals surface area contributed by atoms with Gasteiger partial charge >= 0.3 is 5.97 Å². The Morgan fingerprint density at radius 1 is 1.19 bits per heavy atom. The summed E-state index contributed by atoms with van der Waals surface area (Å²) in [6.07, 6.45) is 1.53. The van der Waals surface area contributed by atoms with Crippen molar-refractivity contribution >= 4 is 5.97 Å². The van der Waals surface area contributed by atoms with Gasteiger partial charge in [0.1, 0.15) is 11.3 Å². The molecule has 4 nitrogen and oxygen atoms in total. The third-order valence-corrected chi connectivity index (χ3v) is 2.96. The quantitative estimate of drug-likeness (QED) is 0.392. The molecule has 0 spiro atoms. The SMILES string of the molecule is CCOC(C)Oc1ccccc1C(=O)OCCCC(C)C. The number of benzene rings is 1. The molecule has 4 heteroatoms. The number of para-hydroxylation sites is 1. The van der Waals surface area contributed by atoms with E-state index in [1.54, 1.807) is 25.1 Å². The summed E-state index contributed by atoms with van der Waals surface area (Å²) >= 11 is 0. The zero-order valence-corrected chi connectivity index (χ0v) is 13.4. The second-order valence-corrected chi connectivity index (χ2v) is 5.31. The average Bonchev–Trinajstić information content (AvgIpc) is 2.44. The second kappa shape index (κ2) is 9.40. The van der Waals surface area contributed by atoms with E-state index in [0.717, 1.165) is 12.8 Å². The Labute approximate surface area is 127 Å². The highest BCUT2D eigenvalue weighted by Crippen LogP contribution is 2.21.